The Morgan fingerprint density at radius 1 is 1.09 bits per heavy atom. The molecule has 2 amide bonds. The lowest BCUT2D eigenvalue weighted by molar-refractivity contribution is -0.130. The number of nitrogens with one attached hydrogen (secondary N) is 1. The number of hydrogen-bond acceptors (Lipinski definition) is 4. The molecule has 0 aliphatic heterocycles. The lowest BCUT2D eigenvalue weighted by atomic mass is 10.3. The topological polar surface area (TPSA) is 76.5 Å². The highest BCUT2D eigenvalue weighted by molar-refractivity contribution is 5.82. The molecule has 7 nitrogen and oxygen atoms in total. The van der Waals surface area contributed by atoms with E-state index in [-0.39, 0.29) is 25.0 Å². The first-order valence-electron chi connectivity index (χ1n) is 10.5. The van der Waals surface area contributed by atoms with Crippen LogP contribution in [0.4, 0.5) is 0 Å². The zero-order valence-electron chi connectivity index (χ0n) is 18.2. The molecule has 0 aliphatic carbocycles. The molecule has 3 rings (SSSR count). The maximum Gasteiger partial charge on any atom is 0.258 e. The first-order chi connectivity index (χ1) is 15.5. The van der Waals surface area contributed by atoms with Crippen LogP contribution >= 0.6 is 0 Å². The van der Waals surface area contributed by atoms with Crippen LogP contribution in [0.1, 0.15) is 18.8 Å². The predicted octanol–water partition coefficient (Wildman–Crippen LogP) is 3.49. The summed E-state index contributed by atoms with van der Waals surface area (Å²) in [4.78, 5) is 31.8. The van der Waals surface area contributed by atoms with E-state index in [2.05, 4.69) is 23.5 Å². The molecule has 0 radical (unpaired) electrons. The molecule has 0 spiro atoms. The molecule has 0 saturated carbocycles. The SMILES string of the molecule is C=CCN(CC=C)C(=O)Cn1c(C(C)NC(=O)COc2ccccc2)nc2ccccc21. The van der Waals surface area contributed by atoms with Gasteiger partial charge < -0.3 is 19.5 Å². The number of imidazole rings is 1. The summed E-state index contributed by atoms with van der Waals surface area (Å²) in [6.45, 7) is 10.1. The molecular weight excluding hydrogens is 404 g/mol. The fourth-order valence-electron chi connectivity index (χ4n) is 3.43. The third-order valence-electron chi connectivity index (χ3n) is 4.91. The predicted molar refractivity (Wildman–Crippen MR) is 125 cm³/mol. The third-order valence-corrected chi connectivity index (χ3v) is 4.91. The van der Waals surface area contributed by atoms with Gasteiger partial charge in [-0.25, -0.2) is 4.98 Å². The quantitative estimate of drug-likeness (QED) is 0.471. The van der Waals surface area contributed by atoms with Gasteiger partial charge in [-0.1, -0.05) is 42.5 Å². The Labute approximate surface area is 188 Å². The second-order valence-corrected chi connectivity index (χ2v) is 7.31. The van der Waals surface area contributed by atoms with Gasteiger partial charge in [0.2, 0.25) is 5.91 Å². The second kappa shape index (κ2) is 10.9. The molecule has 1 unspecified atom stereocenters. The van der Waals surface area contributed by atoms with Gasteiger partial charge >= 0.3 is 0 Å². The fourth-order valence-corrected chi connectivity index (χ4v) is 3.43. The van der Waals surface area contributed by atoms with Gasteiger partial charge in [-0.2, -0.15) is 0 Å². The number of ether oxygens (including phenoxy) is 1. The summed E-state index contributed by atoms with van der Waals surface area (Å²) in [5, 5.41) is 2.92. The minimum Gasteiger partial charge on any atom is -0.484 e. The van der Waals surface area contributed by atoms with E-state index in [4.69, 9.17) is 4.74 Å². The average Bonchev–Trinajstić information content (AvgIpc) is 3.17. The number of amides is 2. The average molecular weight is 433 g/mol. The van der Waals surface area contributed by atoms with Crippen molar-refractivity contribution in [3.8, 4) is 5.75 Å². The van der Waals surface area contributed by atoms with Crippen molar-refractivity contribution in [1.82, 2.24) is 19.8 Å². The third kappa shape index (κ3) is 5.63. The molecule has 0 fully saturated rings. The highest BCUT2D eigenvalue weighted by atomic mass is 16.5. The van der Waals surface area contributed by atoms with Gasteiger partial charge in [-0.3, -0.25) is 9.59 Å². The number of rotatable bonds is 11. The minimum absolute atomic E-state index is 0.0832. The highest BCUT2D eigenvalue weighted by Crippen LogP contribution is 2.21. The van der Waals surface area contributed by atoms with E-state index in [1.807, 2.05) is 54.0 Å². The molecule has 1 N–H and O–H groups in total. The summed E-state index contributed by atoms with van der Waals surface area (Å²) in [5.74, 6) is 0.869. The van der Waals surface area contributed by atoms with Gasteiger partial charge in [0, 0.05) is 13.1 Å². The van der Waals surface area contributed by atoms with E-state index in [0.717, 1.165) is 11.0 Å². The number of carbonyl (C=O) groups is 2. The van der Waals surface area contributed by atoms with Crippen molar-refractivity contribution < 1.29 is 14.3 Å². The Kier molecular flexibility index (Phi) is 7.80. The zero-order valence-corrected chi connectivity index (χ0v) is 18.2. The normalized spacial score (nSPS) is 11.5. The fraction of sp³-hybridized carbons (Fsp3) is 0.240. The van der Waals surface area contributed by atoms with E-state index in [1.165, 1.54) is 0 Å². The Morgan fingerprint density at radius 2 is 1.75 bits per heavy atom. The molecule has 7 heteroatoms. The summed E-state index contributed by atoms with van der Waals surface area (Å²) >= 11 is 0. The van der Waals surface area contributed by atoms with Crippen molar-refractivity contribution in [1.29, 1.82) is 0 Å². The van der Waals surface area contributed by atoms with E-state index >= 15 is 0 Å². The van der Waals surface area contributed by atoms with Crippen LogP contribution in [0.5, 0.6) is 5.75 Å². The lowest BCUT2D eigenvalue weighted by Gasteiger charge is -2.22. The molecule has 0 bridgehead atoms. The summed E-state index contributed by atoms with van der Waals surface area (Å²) in [6.07, 6.45) is 3.37. The minimum atomic E-state index is -0.422. The zero-order chi connectivity index (χ0) is 22.9. The van der Waals surface area contributed by atoms with Crippen molar-refractivity contribution in [2.45, 2.75) is 19.5 Å². The van der Waals surface area contributed by atoms with Crippen LogP contribution in [0.3, 0.4) is 0 Å². The monoisotopic (exact) mass is 432 g/mol. The number of hydrogen-bond donors (Lipinski definition) is 1. The maximum atomic E-state index is 13.0. The molecule has 2 aromatic carbocycles. The molecule has 1 aromatic heterocycles. The Balaban J connectivity index is 1.78. The smallest absolute Gasteiger partial charge is 0.258 e. The van der Waals surface area contributed by atoms with Gasteiger partial charge in [-0.05, 0) is 31.2 Å². The number of carbonyl (C=O) groups excluding carboxylic acids is 2. The van der Waals surface area contributed by atoms with Gasteiger partial charge in [0.25, 0.3) is 5.91 Å². The van der Waals surface area contributed by atoms with Gasteiger partial charge in [-0.15, -0.1) is 13.2 Å². The van der Waals surface area contributed by atoms with Crippen molar-refractivity contribution in [3.05, 3.63) is 85.7 Å². The van der Waals surface area contributed by atoms with Crippen LogP contribution < -0.4 is 10.1 Å². The van der Waals surface area contributed by atoms with Gasteiger partial charge in [0.15, 0.2) is 6.61 Å². The van der Waals surface area contributed by atoms with E-state index < -0.39 is 6.04 Å². The van der Waals surface area contributed by atoms with Crippen molar-refractivity contribution in [3.63, 3.8) is 0 Å². The molecule has 32 heavy (non-hydrogen) atoms. The molecular formula is C25H28N4O3. The van der Waals surface area contributed by atoms with Crippen LogP contribution in [0.15, 0.2) is 79.9 Å². The number of nitrogens with zero attached hydrogens (tertiary/aromatic N) is 3. The summed E-state index contributed by atoms with van der Waals surface area (Å²) in [5.41, 5.74) is 1.59. The summed E-state index contributed by atoms with van der Waals surface area (Å²) in [6, 6.07) is 16.3. The van der Waals surface area contributed by atoms with Gasteiger partial charge in [0.1, 0.15) is 18.1 Å². The largest absolute Gasteiger partial charge is 0.484 e. The molecule has 0 aliphatic rings. The molecule has 0 saturated heterocycles. The van der Waals surface area contributed by atoms with Crippen molar-refractivity contribution in [2.75, 3.05) is 19.7 Å². The lowest BCUT2D eigenvalue weighted by Crippen LogP contribution is -2.36. The van der Waals surface area contributed by atoms with Crippen LogP contribution in [-0.4, -0.2) is 46.0 Å². The molecule has 3 aromatic rings. The van der Waals surface area contributed by atoms with Crippen molar-refractivity contribution >= 4 is 22.8 Å². The van der Waals surface area contributed by atoms with Crippen LogP contribution in [-0.2, 0) is 16.1 Å². The second-order valence-electron chi connectivity index (χ2n) is 7.31. The highest BCUT2D eigenvalue weighted by Gasteiger charge is 2.21. The number of aromatic nitrogens is 2. The first-order valence-corrected chi connectivity index (χ1v) is 10.5. The van der Waals surface area contributed by atoms with Crippen LogP contribution in [0, 0.1) is 0 Å². The first kappa shape index (κ1) is 22.8. The number of benzene rings is 2. The summed E-state index contributed by atoms with van der Waals surface area (Å²) < 4.78 is 7.37. The maximum absolute atomic E-state index is 13.0. The van der Waals surface area contributed by atoms with Crippen LogP contribution in [0.2, 0.25) is 0 Å². The Morgan fingerprint density at radius 3 is 2.44 bits per heavy atom. The number of para-hydroxylation sites is 3. The van der Waals surface area contributed by atoms with Gasteiger partial charge in [0.05, 0.1) is 17.1 Å². The number of fused-ring (bicyclic) bond motifs is 1. The van der Waals surface area contributed by atoms with E-state index in [1.54, 1.807) is 29.2 Å². The van der Waals surface area contributed by atoms with Crippen LogP contribution in [0.25, 0.3) is 11.0 Å². The van der Waals surface area contributed by atoms with Crippen molar-refractivity contribution in [2.24, 2.45) is 0 Å². The standard InChI is InChI=1S/C25H28N4O3/c1-4-15-28(16-5-2)24(31)17-29-22-14-10-9-13-21(22)27-25(29)19(3)26-23(30)18-32-20-11-7-6-8-12-20/h4-14,19H,1-2,15-18H2,3H3,(H,26,30). The summed E-state index contributed by atoms with van der Waals surface area (Å²) in [7, 11) is 0. The van der Waals surface area contributed by atoms with E-state index in [9.17, 15) is 9.59 Å². The molecule has 1 atom stereocenters. The molecule has 1 heterocycles. The Bertz CT molecular complexity index is 1080. The Hall–Kier alpha value is -3.87. The molecule has 166 valence electrons. The van der Waals surface area contributed by atoms with E-state index in [0.29, 0.717) is 24.7 Å².